The van der Waals surface area contributed by atoms with Crippen LogP contribution in [0.15, 0.2) is 24.4 Å². The monoisotopic (exact) mass is 294 g/mol. The number of nitrogens with one attached hydrogen (secondary N) is 1. The van der Waals surface area contributed by atoms with E-state index in [0.29, 0.717) is 16.7 Å². The molecule has 0 fully saturated rings. The standard InChI is InChI=1S/C15H13F3N2O/c1-8-5-10(6-9(2)12(8)16)7-20-15(21)11-3-4-19-14(18)13(11)17/h3-6H,7H2,1-2H3,(H,20,21). The van der Waals surface area contributed by atoms with Gasteiger partial charge in [-0.2, -0.15) is 4.39 Å². The van der Waals surface area contributed by atoms with Gasteiger partial charge in [-0.05, 0) is 36.6 Å². The zero-order valence-corrected chi connectivity index (χ0v) is 11.5. The van der Waals surface area contributed by atoms with E-state index in [1.807, 2.05) is 0 Å². The van der Waals surface area contributed by atoms with Gasteiger partial charge in [0.15, 0.2) is 5.82 Å². The molecule has 1 amide bonds. The summed E-state index contributed by atoms with van der Waals surface area (Å²) >= 11 is 0. The first-order valence-electron chi connectivity index (χ1n) is 6.24. The predicted octanol–water partition coefficient (Wildman–Crippen LogP) is 3.05. The maximum atomic E-state index is 13.5. The smallest absolute Gasteiger partial charge is 0.254 e. The van der Waals surface area contributed by atoms with Crippen molar-refractivity contribution >= 4 is 5.91 Å². The summed E-state index contributed by atoms with van der Waals surface area (Å²) in [5.74, 6) is -3.67. The summed E-state index contributed by atoms with van der Waals surface area (Å²) in [5.41, 5.74) is 1.17. The molecule has 1 heterocycles. The van der Waals surface area contributed by atoms with Crippen LogP contribution in [0.1, 0.15) is 27.0 Å². The van der Waals surface area contributed by atoms with Crippen molar-refractivity contribution in [3.8, 4) is 0 Å². The molecule has 0 aliphatic rings. The number of aromatic nitrogens is 1. The van der Waals surface area contributed by atoms with Crippen LogP contribution in [0.4, 0.5) is 13.2 Å². The van der Waals surface area contributed by atoms with Crippen LogP contribution >= 0.6 is 0 Å². The zero-order valence-electron chi connectivity index (χ0n) is 11.5. The Morgan fingerprint density at radius 1 is 1.14 bits per heavy atom. The molecule has 0 spiro atoms. The Kier molecular flexibility index (Phi) is 4.26. The fourth-order valence-corrected chi connectivity index (χ4v) is 2.01. The maximum absolute atomic E-state index is 13.5. The van der Waals surface area contributed by atoms with Crippen LogP contribution in [-0.2, 0) is 6.54 Å². The number of benzene rings is 1. The van der Waals surface area contributed by atoms with Crippen LogP contribution in [-0.4, -0.2) is 10.9 Å². The van der Waals surface area contributed by atoms with E-state index in [1.54, 1.807) is 26.0 Å². The number of amides is 1. The highest BCUT2D eigenvalue weighted by atomic mass is 19.2. The average molecular weight is 294 g/mol. The third kappa shape index (κ3) is 3.21. The summed E-state index contributed by atoms with van der Waals surface area (Å²) in [7, 11) is 0. The van der Waals surface area contributed by atoms with Crippen LogP contribution in [0.25, 0.3) is 0 Å². The Labute approximate surface area is 119 Å². The molecule has 2 rings (SSSR count). The molecule has 0 aliphatic carbocycles. The normalized spacial score (nSPS) is 10.5. The van der Waals surface area contributed by atoms with Gasteiger partial charge >= 0.3 is 0 Å². The Morgan fingerprint density at radius 2 is 1.76 bits per heavy atom. The summed E-state index contributed by atoms with van der Waals surface area (Å²) in [6.45, 7) is 3.32. The minimum absolute atomic E-state index is 0.0875. The molecule has 0 atom stereocenters. The molecule has 0 saturated carbocycles. The molecule has 6 heteroatoms. The first kappa shape index (κ1) is 15.0. The van der Waals surface area contributed by atoms with Gasteiger partial charge in [-0.1, -0.05) is 12.1 Å². The lowest BCUT2D eigenvalue weighted by molar-refractivity contribution is 0.0945. The zero-order chi connectivity index (χ0) is 15.6. The highest BCUT2D eigenvalue weighted by Gasteiger charge is 2.16. The lowest BCUT2D eigenvalue weighted by Gasteiger charge is -2.09. The SMILES string of the molecule is Cc1cc(CNC(=O)c2ccnc(F)c2F)cc(C)c1F. The molecule has 110 valence electrons. The van der Waals surface area contributed by atoms with Gasteiger partial charge in [0.1, 0.15) is 5.82 Å². The second kappa shape index (κ2) is 5.95. The van der Waals surface area contributed by atoms with E-state index in [0.717, 1.165) is 12.3 Å². The molecule has 0 saturated heterocycles. The number of carbonyl (C=O) groups is 1. The minimum atomic E-state index is -1.32. The Morgan fingerprint density at radius 3 is 2.38 bits per heavy atom. The van der Waals surface area contributed by atoms with Crippen molar-refractivity contribution in [2.45, 2.75) is 20.4 Å². The van der Waals surface area contributed by atoms with Gasteiger partial charge in [-0.3, -0.25) is 4.79 Å². The highest BCUT2D eigenvalue weighted by molar-refractivity contribution is 5.94. The molecule has 1 aromatic heterocycles. The summed E-state index contributed by atoms with van der Waals surface area (Å²) in [5, 5.41) is 2.46. The van der Waals surface area contributed by atoms with Crippen molar-refractivity contribution in [3.63, 3.8) is 0 Å². The van der Waals surface area contributed by atoms with Gasteiger partial charge in [-0.25, -0.2) is 13.8 Å². The number of rotatable bonds is 3. The maximum Gasteiger partial charge on any atom is 0.254 e. The third-order valence-corrected chi connectivity index (χ3v) is 3.04. The predicted molar refractivity (Wildman–Crippen MR) is 71.2 cm³/mol. The number of carbonyl (C=O) groups excluding carboxylic acids is 1. The molecule has 3 nitrogen and oxygen atoms in total. The summed E-state index contributed by atoms with van der Waals surface area (Å²) in [4.78, 5) is 14.9. The van der Waals surface area contributed by atoms with E-state index in [4.69, 9.17) is 0 Å². The third-order valence-electron chi connectivity index (χ3n) is 3.04. The van der Waals surface area contributed by atoms with Crippen molar-refractivity contribution in [3.05, 3.63) is 64.2 Å². The van der Waals surface area contributed by atoms with Crippen LogP contribution in [0, 0.1) is 31.4 Å². The first-order valence-corrected chi connectivity index (χ1v) is 6.24. The van der Waals surface area contributed by atoms with Gasteiger partial charge < -0.3 is 5.32 Å². The summed E-state index contributed by atoms with van der Waals surface area (Å²) < 4.78 is 39.8. The summed E-state index contributed by atoms with van der Waals surface area (Å²) in [6.07, 6.45) is 1.01. The number of halogens is 3. The molecule has 1 N–H and O–H groups in total. The van der Waals surface area contributed by atoms with E-state index in [-0.39, 0.29) is 12.4 Å². The van der Waals surface area contributed by atoms with Crippen molar-refractivity contribution in [2.75, 3.05) is 0 Å². The molecule has 1 aromatic carbocycles. The van der Waals surface area contributed by atoms with Gasteiger partial charge in [0.2, 0.25) is 5.95 Å². The van der Waals surface area contributed by atoms with Crippen LogP contribution in [0.2, 0.25) is 0 Å². The lowest BCUT2D eigenvalue weighted by Crippen LogP contribution is -2.24. The quantitative estimate of drug-likeness (QED) is 0.884. The van der Waals surface area contributed by atoms with Crippen molar-refractivity contribution < 1.29 is 18.0 Å². The van der Waals surface area contributed by atoms with Gasteiger partial charge in [0.05, 0.1) is 5.56 Å². The highest BCUT2D eigenvalue weighted by Crippen LogP contribution is 2.15. The topological polar surface area (TPSA) is 42.0 Å². The second-order valence-corrected chi connectivity index (χ2v) is 4.69. The number of nitrogens with zero attached hydrogens (tertiary/aromatic N) is 1. The lowest BCUT2D eigenvalue weighted by atomic mass is 10.1. The fourth-order valence-electron chi connectivity index (χ4n) is 2.01. The Balaban J connectivity index is 2.13. The van der Waals surface area contributed by atoms with Gasteiger partial charge in [0, 0.05) is 12.7 Å². The molecule has 0 bridgehead atoms. The number of pyridine rings is 1. The fraction of sp³-hybridized carbons (Fsp3) is 0.200. The van der Waals surface area contributed by atoms with Gasteiger partial charge in [0.25, 0.3) is 5.91 Å². The first-order chi connectivity index (χ1) is 9.90. The van der Waals surface area contributed by atoms with Crippen molar-refractivity contribution in [1.82, 2.24) is 10.3 Å². The van der Waals surface area contributed by atoms with Crippen LogP contribution in [0.3, 0.4) is 0 Å². The Hall–Kier alpha value is -2.37. The number of aryl methyl sites for hydroxylation is 2. The van der Waals surface area contributed by atoms with E-state index >= 15 is 0 Å². The number of hydrogen-bond acceptors (Lipinski definition) is 2. The number of hydrogen-bond donors (Lipinski definition) is 1. The largest absolute Gasteiger partial charge is 0.348 e. The van der Waals surface area contributed by atoms with E-state index < -0.39 is 23.2 Å². The molecule has 21 heavy (non-hydrogen) atoms. The van der Waals surface area contributed by atoms with Gasteiger partial charge in [-0.15, -0.1) is 0 Å². The molecular formula is C15H13F3N2O. The molecular weight excluding hydrogens is 281 g/mol. The second-order valence-electron chi connectivity index (χ2n) is 4.69. The molecule has 2 aromatic rings. The Bertz CT molecular complexity index is 678. The van der Waals surface area contributed by atoms with Crippen LogP contribution in [0.5, 0.6) is 0 Å². The molecule has 0 unspecified atom stereocenters. The average Bonchev–Trinajstić information content (AvgIpc) is 2.45. The molecule has 0 radical (unpaired) electrons. The van der Waals surface area contributed by atoms with E-state index in [2.05, 4.69) is 10.3 Å². The molecule has 0 aliphatic heterocycles. The van der Waals surface area contributed by atoms with E-state index in [1.165, 1.54) is 0 Å². The minimum Gasteiger partial charge on any atom is -0.348 e. The summed E-state index contributed by atoms with van der Waals surface area (Å²) in [6, 6.07) is 4.27. The van der Waals surface area contributed by atoms with Crippen LogP contribution < -0.4 is 5.32 Å². The van der Waals surface area contributed by atoms with Crippen molar-refractivity contribution in [2.24, 2.45) is 0 Å². The van der Waals surface area contributed by atoms with E-state index in [9.17, 15) is 18.0 Å². The van der Waals surface area contributed by atoms with Crippen molar-refractivity contribution in [1.29, 1.82) is 0 Å².